The van der Waals surface area contributed by atoms with E-state index in [9.17, 15) is 27.5 Å². The van der Waals surface area contributed by atoms with Crippen molar-refractivity contribution in [3.8, 4) is 0 Å². The molecule has 0 aliphatic carbocycles. The lowest BCUT2D eigenvalue weighted by Gasteiger charge is -2.30. The molecule has 0 saturated heterocycles. The number of sulfonamides is 1. The topological polar surface area (TPSA) is 117 Å². The molecule has 4 aromatic rings. The van der Waals surface area contributed by atoms with Crippen molar-refractivity contribution in [1.29, 1.82) is 0 Å². The molecule has 1 aromatic heterocycles. The van der Waals surface area contributed by atoms with Gasteiger partial charge in [-0.25, -0.2) is 12.8 Å². The summed E-state index contributed by atoms with van der Waals surface area (Å²) in [7, 11) is -4.37. The lowest BCUT2D eigenvalue weighted by Crippen LogP contribution is -2.51. The van der Waals surface area contributed by atoms with E-state index >= 15 is 0 Å². The second-order valence-electron chi connectivity index (χ2n) is 9.62. The highest BCUT2D eigenvalue weighted by Crippen LogP contribution is 2.23. The maximum absolute atomic E-state index is 14.0. The summed E-state index contributed by atoms with van der Waals surface area (Å²) in [6, 6.07) is 20.3. The lowest BCUT2D eigenvalue weighted by molar-refractivity contribution is -0.117. The van der Waals surface area contributed by atoms with Gasteiger partial charge in [0.2, 0.25) is 10.0 Å². The minimum atomic E-state index is -4.37. The average molecular weight is 564 g/mol. The van der Waals surface area contributed by atoms with Crippen molar-refractivity contribution in [3.63, 3.8) is 0 Å². The van der Waals surface area contributed by atoms with Crippen LogP contribution in [0.15, 0.2) is 90.0 Å². The molecule has 0 spiro atoms. The number of hydrogen-bond acceptors (Lipinski definition) is 6. The number of rotatable bonds is 11. The van der Waals surface area contributed by atoms with Crippen molar-refractivity contribution in [2.45, 2.75) is 37.3 Å². The van der Waals surface area contributed by atoms with E-state index in [0.29, 0.717) is 22.0 Å². The van der Waals surface area contributed by atoms with Crippen LogP contribution in [0.4, 0.5) is 4.39 Å². The van der Waals surface area contributed by atoms with E-state index in [2.05, 4.69) is 10.3 Å². The highest BCUT2D eigenvalue weighted by Gasteiger charge is 2.33. The second kappa shape index (κ2) is 12.5. The van der Waals surface area contributed by atoms with Gasteiger partial charge in [-0.2, -0.15) is 4.31 Å². The number of aliphatic hydroxyl groups excluding tert-OH is 1. The van der Waals surface area contributed by atoms with Gasteiger partial charge in [-0.1, -0.05) is 54.6 Å². The molecule has 0 radical (unpaired) electrons. The number of hydrogen-bond donors (Lipinski definition) is 2. The van der Waals surface area contributed by atoms with Gasteiger partial charge in [0.05, 0.1) is 34.7 Å². The molecule has 40 heavy (non-hydrogen) atoms. The van der Waals surface area contributed by atoms with E-state index < -0.39 is 52.8 Å². The summed E-state index contributed by atoms with van der Waals surface area (Å²) in [5.41, 5.74) is 2.07. The maximum Gasteiger partial charge on any atom is 0.252 e. The van der Waals surface area contributed by atoms with E-state index in [1.54, 1.807) is 24.3 Å². The molecule has 4 rings (SSSR count). The number of nitrogens with one attached hydrogen (secondary N) is 1. The summed E-state index contributed by atoms with van der Waals surface area (Å²) in [5.74, 6) is -1.68. The van der Waals surface area contributed by atoms with Crippen LogP contribution in [-0.2, 0) is 21.2 Å². The van der Waals surface area contributed by atoms with E-state index in [4.69, 9.17) is 0 Å². The first-order valence-electron chi connectivity index (χ1n) is 12.7. The SMILES string of the molecule is CC(=O)CN(CC(O)C(Cc1ccccc1)NC(=O)c1ccnc2ccccc12)S(=O)(=O)c1cc(F)ccc1C. The molecule has 0 aliphatic heterocycles. The first-order valence-corrected chi connectivity index (χ1v) is 14.1. The summed E-state index contributed by atoms with van der Waals surface area (Å²) in [5, 5.41) is 14.9. The zero-order valence-electron chi connectivity index (χ0n) is 22.1. The number of aryl methyl sites for hydroxylation is 1. The number of fused-ring (bicyclic) bond motifs is 1. The van der Waals surface area contributed by atoms with E-state index in [-0.39, 0.29) is 11.3 Å². The standard InChI is InChI=1S/C30H30FN3O5S/c1-20-12-13-23(31)17-29(20)40(38,39)34(18-21(2)35)19-28(36)27(16-22-8-4-3-5-9-22)33-30(37)25-14-15-32-26-11-7-6-10-24(25)26/h3-15,17,27-28,36H,16,18-19H2,1-2H3,(H,33,37). The largest absolute Gasteiger partial charge is 0.390 e. The summed E-state index contributed by atoms with van der Waals surface area (Å²) in [6.07, 6.45) is 0.284. The number of ketones is 1. The van der Waals surface area contributed by atoms with Crippen molar-refractivity contribution in [3.05, 3.63) is 108 Å². The fraction of sp³-hybridized carbons (Fsp3) is 0.233. The Kier molecular flexibility index (Phi) is 9.03. The van der Waals surface area contributed by atoms with Gasteiger partial charge < -0.3 is 10.4 Å². The molecule has 8 nitrogen and oxygen atoms in total. The van der Waals surface area contributed by atoms with Crippen LogP contribution < -0.4 is 5.32 Å². The first-order chi connectivity index (χ1) is 19.1. The van der Waals surface area contributed by atoms with Gasteiger partial charge in [-0.15, -0.1) is 0 Å². The van der Waals surface area contributed by atoms with Crippen LogP contribution in [0.25, 0.3) is 10.9 Å². The zero-order chi connectivity index (χ0) is 28.9. The van der Waals surface area contributed by atoms with Gasteiger partial charge >= 0.3 is 0 Å². The second-order valence-corrected chi connectivity index (χ2v) is 11.5. The van der Waals surface area contributed by atoms with E-state index in [1.807, 2.05) is 36.4 Å². The molecule has 10 heteroatoms. The van der Waals surface area contributed by atoms with Crippen LogP contribution in [0.1, 0.15) is 28.4 Å². The number of carbonyl (C=O) groups excluding carboxylic acids is 2. The van der Waals surface area contributed by atoms with Crippen molar-refractivity contribution in [2.24, 2.45) is 0 Å². The quantitative estimate of drug-likeness (QED) is 0.288. The molecule has 0 bridgehead atoms. The molecule has 3 aromatic carbocycles. The van der Waals surface area contributed by atoms with Crippen LogP contribution >= 0.6 is 0 Å². The first kappa shape index (κ1) is 29.0. The van der Waals surface area contributed by atoms with Crippen molar-refractivity contribution >= 4 is 32.6 Å². The van der Waals surface area contributed by atoms with Crippen molar-refractivity contribution in [1.82, 2.24) is 14.6 Å². The number of halogens is 1. The molecule has 2 N–H and O–H groups in total. The molecule has 2 atom stereocenters. The third-order valence-electron chi connectivity index (χ3n) is 6.53. The Labute approximate surface area is 232 Å². The number of nitrogens with zero attached hydrogens (tertiary/aromatic N) is 2. The summed E-state index contributed by atoms with van der Waals surface area (Å²) >= 11 is 0. The molecule has 0 saturated carbocycles. The number of benzene rings is 3. The van der Waals surface area contributed by atoms with Crippen molar-refractivity contribution in [2.75, 3.05) is 13.1 Å². The van der Waals surface area contributed by atoms with Crippen LogP contribution in [0.5, 0.6) is 0 Å². The Balaban J connectivity index is 1.67. The molecular formula is C30H30FN3O5S. The van der Waals surface area contributed by atoms with Crippen LogP contribution in [0, 0.1) is 12.7 Å². The van der Waals surface area contributed by atoms with Crippen LogP contribution in [0.2, 0.25) is 0 Å². The fourth-order valence-corrected chi connectivity index (χ4v) is 6.23. The number of para-hydroxylation sites is 1. The third kappa shape index (κ3) is 6.77. The van der Waals surface area contributed by atoms with Crippen LogP contribution in [0.3, 0.4) is 0 Å². The Morgan fingerprint density at radius 2 is 1.73 bits per heavy atom. The minimum absolute atomic E-state index is 0.184. The predicted molar refractivity (Wildman–Crippen MR) is 150 cm³/mol. The molecular weight excluding hydrogens is 533 g/mol. The Morgan fingerprint density at radius 1 is 1.02 bits per heavy atom. The lowest BCUT2D eigenvalue weighted by atomic mass is 10.00. The Morgan fingerprint density at radius 3 is 2.45 bits per heavy atom. The Bertz CT molecular complexity index is 1620. The van der Waals surface area contributed by atoms with Gasteiger partial charge in [0.15, 0.2) is 0 Å². The van der Waals surface area contributed by atoms with Gasteiger partial charge in [0.1, 0.15) is 11.6 Å². The average Bonchev–Trinajstić information content (AvgIpc) is 2.93. The minimum Gasteiger partial charge on any atom is -0.390 e. The van der Waals surface area contributed by atoms with Gasteiger partial charge in [0.25, 0.3) is 5.91 Å². The van der Waals surface area contributed by atoms with Crippen LogP contribution in [-0.4, -0.2) is 59.7 Å². The summed E-state index contributed by atoms with van der Waals surface area (Å²) in [4.78, 5) is 29.5. The number of aromatic nitrogens is 1. The fourth-order valence-electron chi connectivity index (χ4n) is 4.51. The predicted octanol–water partition coefficient (Wildman–Crippen LogP) is 3.66. The number of aliphatic hydroxyl groups is 1. The third-order valence-corrected chi connectivity index (χ3v) is 8.48. The Hall–Kier alpha value is -3.99. The van der Waals surface area contributed by atoms with E-state index in [1.165, 1.54) is 26.1 Å². The highest BCUT2D eigenvalue weighted by atomic mass is 32.2. The van der Waals surface area contributed by atoms with Gasteiger partial charge in [-0.05, 0) is 55.7 Å². The normalized spacial score (nSPS) is 13.2. The number of Topliss-reactive ketones (excluding diaryl/α,β-unsaturated/α-hetero) is 1. The van der Waals surface area contributed by atoms with Gasteiger partial charge in [0, 0.05) is 18.1 Å². The number of pyridine rings is 1. The monoisotopic (exact) mass is 563 g/mol. The number of amides is 1. The summed E-state index contributed by atoms with van der Waals surface area (Å²) < 4.78 is 41.9. The zero-order valence-corrected chi connectivity index (χ0v) is 22.9. The smallest absolute Gasteiger partial charge is 0.252 e. The maximum atomic E-state index is 14.0. The number of carbonyl (C=O) groups is 2. The molecule has 1 amide bonds. The molecule has 0 aliphatic rings. The highest BCUT2D eigenvalue weighted by molar-refractivity contribution is 7.89. The van der Waals surface area contributed by atoms with Gasteiger partial charge in [-0.3, -0.25) is 14.6 Å². The van der Waals surface area contributed by atoms with Crippen molar-refractivity contribution < 1.29 is 27.5 Å². The molecule has 0 fully saturated rings. The molecule has 208 valence electrons. The van der Waals surface area contributed by atoms with E-state index in [0.717, 1.165) is 22.0 Å². The molecule has 1 heterocycles. The summed E-state index contributed by atoms with van der Waals surface area (Å²) in [6.45, 7) is 1.71. The molecule has 2 unspecified atom stereocenters.